The summed E-state index contributed by atoms with van der Waals surface area (Å²) in [6.07, 6.45) is 7.26. The van der Waals surface area contributed by atoms with Gasteiger partial charge in [-0.25, -0.2) is 0 Å². The van der Waals surface area contributed by atoms with E-state index in [-0.39, 0.29) is 0 Å². The maximum absolute atomic E-state index is 4.04. The second-order valence-electron chi connectivity index (χ2n) is 5.35. The third-order valence-corrected chi connectivity index (χ3v) is 3.50. The molecule has 4 aromatic rings. The largest absolute Gasteiger partial charge is 0.264 e. The van der Waals surface area contributed by atoms with Crippen LogP contribution in [0.2, 0.25) is 0 Å². The molecule has 2 aromatic heterocycles. The van der Waals surface area contributed by atoms with Crippen LogP contribution in [-0.4, -0.2) is 15.2 Å². The molecule has 0 N–H and O–H groups in total. The zero-order valence-corrected chi connectivity index (χ0v) is 12.7. The minimum Gasteiger partial charge on any atom is -0.264 e. The molecule has 0 saturated carbocycles. The molecule has 4 rings (SSSR count). The van der Waals surface area contributed by atoms with Crippen LogP contribution in [0.1, 0.15) is 11.1 Å². The second kappa shape index (κ2) is 6.31. The van der Waals surface area contributed by atoms with Crippen molar-refractivity contribution < 1.29 is 0 Å². The summed E-state index contributed by atoms with van der Waals surface area (Å²) < 4.78 is 0. The SMILES string of the molecule is Cc1ccc2cnccc2c1.Cc1ccc2cnncc2c1. The Balaban J connectivity index is 0.000000131. The van der Waals surface area contributed by atoms with Crippen LogP contribution in [0.25, 0.3) is 21.5 Å². The van der Waals surface area contributed by atoms with Crippen LogP contribution in [0.15, 0.2) is 67.3 Å². The first kappa shape index (κ1) is 14.1. The molecular weight excluding hydrogens is 270 g/mol. The first-order valence-corrected chi connectivity index (χ1v) is 7.20. The number of hydrogen-bond donors (Lipinski definition) is 0. The van der Waals surface area contributed by atoms with Gasteiger partial charge in [0.05, 0.1) is 12.4 Å². The smallest absolute Gasteiger partial charge is 0.0574 e. The van der Waals surface area contributed by atoms with Crippen molar-refractivity contribution in [1.82, 2.24) is 15.2 Å². The Morgan fingerprint density at radius 3 is 1.91 bits per heavy atom. The first-order chi connectivity index (χ1) is 10.7. The Labute approximate surface area is 129 Å². The van der Waals surface area contributed by atoms with Gasteiger partial charge in [0, 0.05) is 28.6 Å². The molecule has 108 valence electrons. The van der Waals surface area contributed by atoms with Gasteiger partial charge in [-0.1, -0.05) is 41.5 Å². The fraction of sp³-hybridized carbons (Fsp3) is 0.105. The summed E-state index contributed by atoms with van der Waals surface area (Å²) in [6, 6.07) is 14.6. The summed E-state index contributed by atoms with van der Waals surface area (Å²) in [7, 11) is 0. The molecule has 0 bridgehead atoms. The van der Waals surface area contributed by atoms with Crippen molar-refractivity contribution in [1.29, 1.82) is 0 Å². The van der Waals surface area contributed by atoms with Gasteiger partial charge in [-0.3, -0.25) is 4.98 Å². The van der Waals surface area contributed by atoms with Gasteiger partial charge in [0.2, 0.25) is 0 Å². The molecule has 0 radical (unpaired) electrons. The molecule has 0 atom stereocenters. The zero-order valence-electron chi connectivity index (χ0n) is 12.7. The summed E-state index contributed by atoms with van der Waals surface area (Å²) in [5.41, 5.74) is 2.55. The lowest BCUT2D eigenvalue weighted by molar-refractivity contribution is 1.05. The molecule has 22 heavy (non-hydrogen) atoms. The van der Waals surface area contributed by atoms with E-state index >= 15 is 0 Å². The molecule has 0 spiro atoms. The van der Waals surface area contributed by atoms with Crippen LogP contribution in [0.4, 0.5) is 0 Å². The molecule has 0 aliphatic heterocycles. The molecule has 2 heterocycles. The van der Waals surface area contributed by atoms with Crippen LogP contribution in [-0.2, 0) is 0 Å². The predicted octanol–water partition coefficient (Wildman–Crippen LogP) is 4.48. The van der Waals surface area contributed by atoms with E-state index in [4.69, 9.17) is 0 Å². The molecule has 0 saturated heterocycles. The molecule has 0 unspecified atom stereocenters. The number of pyridine rings is 1. The van der Waals surface area contributed by atoms with Gasteiger partial charge in [0.1, 0.15) is 0 Å². The van der Waals surface area contributed by atoms with Crippen molar-refractivity contribution in [2.45, 2.75) is 13.8 Å². The fourth-order valence-corrected chi connectivity index (χ4v) is 2.32. The lowest BCUT2D eigenvalue weighted by Gasteiger charge is -1.96. The van der Waals surface area contributed by atoms with Crippen LogP contribution in [0.5, 0.6) is 0 Å². The molecular formula is C19H17N3. The van der Waals surface area contributed by atoms with Crippen LogP contribution in [0, 0.1) is 13.8 Å². The molecule has 2 aromatic carbocycles. The monoisotopic (exact) mass is 287 g/mol. The number of aryl methyl sites for hydroxylation is 2. The summed E-state index contributed by atoms with van der Waals surface area (Å²) in [5.74, 6) is 0. The molecule has 3 heteroatoms. The van der Waals surface area contributed by atoms with Crippen LogP contribution in [0.3, 0.4) is 0 Å². The van der Waals surface area contributed by atoms with Gasteiger partial charge < -0.3 is 0 Å². The highest BCUT2D eigenvalue weighted by molar-refractivity contribution is 5.82. The van der Waals surface area contributed by atoms with E-state index in [0.717, 1.165) is 10.8 Å². The van der Waals surface area contributed by atoms with Gasteiger partial charge in [-0.15, -0.1) is 0 Å². The van der Waals surface area contributed by atoms with E-state index in [0.29, 0.717) is 0 Å². The van der Waals surface area contributed by atoms with E-state index < -0.39 is 0 Å². The third-order valence-electron chi connectivity index (χ3n) is 3.50. The van der Waals surface area contributed by atoms with Crippen molar-refractivity contribution in [3.05, 3.63) is 78.4 Å². The number of aromatic nitrogens is 3. The standard InChI is InChI=1S/C10H9N.C9H8N2/c1-8-2-3-10-7-11-5-4-9(10)6-8;1-7-2-3-8-5-10-11-6-9(8)4-7/h2-7H,1H3;2-6H,1H3. The highest BCUT2D eigenvalue weighted by Gasteiger charge is 1.91. The minimum atomic E-state index is 1.14. The molecule has 3 nitrogen and oxygen atoms in total. The van der Waals surface area contributed by atoms with E-state index in [9.17, 15) is 0 Å². The van der Waals surface area contributed by atoms with Gasteiger partial charge in [-0.2, -0.15) is 10.2 Å². The number of benzene rings is 2. The van der Waals surface area contributed by atoms with Gasteiger partial charge in [0.25, 0.3) is 0 Å². The number of fused-ring (bicyclic) bond motifs is 2. The molecule has 0 amide bonds. The summed E-state index contributed by atoms with van der Waals surface area (Å²) in [5, 5.41) is 12.4. The van der Waals surface area contributed by atoms with Crippen molar-refractivity contribution in [3.63, 3.8) is 0 Å². The fourth-order valence-electron chi connectivity index (χ4n) is 2.32. The summed E-state index contributed by atoms with van der Waals surface area (Å²) in [4.78, 5) is 4.04. The average Bonchev–Trinajstić information content (AvgIpc) is 2.55. The summed E-state index contributed by atoms with van der Waals surface area (Å²) in [6.45, 7) is 4.17. The highest BCUT2D eigenvalue weighted by Crippen LogP contribution is 2.13. The maximum Gasteiger partial charge on any atom is 0.0574 e. The summed E-state index contributed by atoms with van der Waals surface area (Å²) >= 11 is 0. The van der Waals surface area contributed by atoms with Gasteiger partial charge in [0.15, 0.2) is 0 Å². The lowest BCUT2D eigenvalue weighted by atomic mass is 10.1. The Morgan fingerprint density at radius 2 is 1.18 bits per heavy atom. The maximum atomic E-state index is 4.04. The molecule has 0 aliphatic rings. The Morgan fingerprint density at radius 1 is 0.591 bits per heavy atom. The van der Waals surface area contributed by atoms with Crippen LogP contribution < -0.4 is 0 Å². The van der Waals surface area contributed by atoms with E-state index in [1.54, 1.807) is 12.4 Å². The highest BCUT2D eigenvalue weighted by atomic mass is 15.1. The Bertz CT molecular complexity index is 839. The van der Waals surface area contributed by atoms with E-state index in [2.05, 4.69) is 65.4 Å². The van der Waals surface area contributed by atoms with Crippen molar-refractivity contribution in [2.75, 3.05) is 0 Å². The average molecular weight is 287 g/mol. The lowest BCUT2D eigenvalue weighted by Crippen LogP contribution is -1.80. The zero-order chi connectivity index (χ0) is 15.4. The number of rotatable bonds is 0. The number of hydrogen-bond acceptors (Lipinski definition) is 3. The number of nitrogens with zero attached hydrogens (tertiary/aromatic N) is 3. The normalized spacial score (nSPS) is 10.3. The van der Waals surface area contributed by atoms with Crippen molar-refractivity contribution in [3.8, 4) is 0 Å². The molecule has 0 aliphatic carbocycles. The van der Waals surface area contributed by atoms with Crippen LogP contribution >= 0.6 is 0 Å². The Hall–Kier alpha value is -2.81. The third kappa shape index (κ3) is 3.26. The van der Waals surface area contributed by atoms with Crippen molar-refractivity contribution >= 4 is 21.5 Å². The van der Waals surface area contributed by atoms with Gasteiger partial charge >= 0.3 is 0 Å². The topological polar surface area (TPSA) is 38.7 Å². The predicted molar refractivity (Wildman–Crippen MR) is 90.8 cm³/mol. The second-order valence-corrected chi connectivity index (χ2v) is 5.35. The van der Waals surface area contributed by atoms with E-state index in [1.165, 1.54) is 21.9 Å². The quantitative estimate of drug-likeness (QED) is 0.478. The van der Waals surface area contributed by atoms with Crippen molar-refractivity contribution in [2.24, 2.45) is 0 Å². The Kier molecular flexibility index (Phi) is 4.05. The first-order valence-electron chi connectivity index (χ1n) is 7.20. The van der Waals surface area contributed by atoms with Gasteiger partial charge in [-0.05, 0) is 31.4 Å². The molecule has 0 fully saturated rings. The van der Waals surface area contributed by atoms with E-state index in [1.807, 2.05) is 18.5 Å². The minimum absolute atomic E-state index is 1.14.